The Bertz CT molecular complexity index is 1010. The largest absolute Gasteiger partial charge is 0.467 e. The average Bonchev–Trinajstić information content (AvgIpc) is 2.74. The lowest BCUT2D eigenvalue weighted by molar-refractivity contribution is -0.142. The van der Waals surface area contributed by atoms with Gasteiger partial charge in [0.1, 0.15) is 11.9 Å². The van der Waals surface area contributed by atoms with Gasteiger partial charge in [-0.3, -0.25) is 9.78 Å². The monoisotopic (exact) mass is 412 g/mol. The summed E-state index contributed by atoms with van der Waals surface area (Å²) < 4.78 is 18.2. The van der Waals surface area contributed by atoms with E-state index in [1.807, 2.05) is 0 Å². The van der Waals surface area contributed by atoms with Crippen molar-refractivity contribution in [2.45, 2.75) is 12.5 Å². The molecule has 5 nitrogen and oxygen atoms in total. The normalized spacial score (nSPS) is 11.6. The van der Waals surface area contributed by atoms with E-state index in [1.165, 1.54) is 25.4 Å². The summed E-state index contributed by atoms with van der Waals surface area (Å²) in [4.78, 5) is 28.9. The fourth-order valence-corrected chi connectivity index (χ4v) is 2.91. The molecule has 3 aromatic rings. The molecule has 1 aromatic heterocycles. The standard InChI is InChI=1S/C22H18ClFN2O3/c1-29-22(28)20(11-14-5-8-17(23)9-6-14)26-21(27)16-7-10-19(25-13-16)15-3-2-4-18(24)12-15/h2-10,12-13,20H,11H2,1H3,(H,26,27)/t20-/m0/s1. The molecular weight excluding hydrogens is 395 g/mol. The summed E-state index contributed by atoms with van der Waals surface area (Å²) in [7, 11) is 1.26. The van der Waals surface area contributed by atoms with Crippen molar-refractivity contribution in [1.82, 2.24) is 10.3 Å². The third kappa shape index (κ3) is 5.39. The first-order valence-electron chi connectivity index (χ1n) is 8.81. The van der Waals surface area contributed by atoms with E-state index >= 15 is 0 Å². The fourth-order valence-electron chi connectivity index (χ4n) is 2.78. The van der Waals surface area contributed by atoms with Gasteiger partial charge in [-0.2, -0.15) is 0 Å². The van der Waals surface area contributed by atoms with Crippen LogP contribution >= 0.6 is 11.6 Å². The van der Waals surface area contributed by atoms with Crippen LogP contribution in [0.4, 0.5) is 4.39 Å². The minimum Gasteiger partial charge on any atom is -0.467 e. The van der Waals surface area contributed by atoms with Crippen molar-refractivity contribution in [3.05, 3.63) is 88.8 Å². The van der Waals surface area contributed by atoms with E-state index in [-0.39, 0.29) is 17.8 Å². The van der Waals surface area contributed by atoms with Gasteiger partial charge >= 0.3 is 5.97 Å². The highest BCUT2D eigenvalue weighted by molar-refractivity contribution is 6.30. The Morgan fingerprint density at radius 3 is 2.52 bits per heavy atom. The zero-order valence-electron chi connectivity index (χ0n) is 15.6. The number of nitrogens with zero attached hydrogens (tertiary/aromatic N) is 1. The molecule has 0 saturated carbocycles. The maximum Gasteiger partial charge on any atom is 0.328 e. The first-order chi connectivity index (χ1) is 14.0. The topological polar surface area (TPSA) is 68.3 Å². The second-order valence-electron chi connectivity index (χ2n) is 6.32. The van der Waals surface area contributed by atoms with E-state index in [4.69, 9.17) is 16.3 Å². The van der Waals surface area contributed by atoms with Gasteiger partial charge in [0.15, 0.2) is 0 Å². The van der Waals surface area contributed by atoms with Crippen molar-refractivity contribution in [3.63, 3.8) is 0 Å². The van der Waals surface area contributed by atoms with Gasteiger partial charge in [0, 0.05) is 23.2 Å². The van der Waals surface area contributed by atoms with Crippen LogP contribution in [0.3, 0.4) is 0 Å². The van der Waals surface area contributed by atoms with Crippen molar-refractivity contribution < 1.29 is 18.7 Å². The molecule has 0 saturated heterocycles. The zero-order valence-corrected chi connectivity index (χ0v) is 16.3. The molecule has 0 fully saturated rings. The molecular formula is C22H18ClFN2O3. The highest BCUT2D eigenvalue weighted by Crippen LogP contribution is 2.18. The lowest BCUT2D eigenvalue weighted by atomic mass is 10.1. The summed E-state index contributed by atoms with van der Waals surface area (Å²) in [5, 5.41) is 3.25. The Kier molecular flexibility index (Phi) is 6.57. The lowest BCUT2D eigenvalue weighted by Gasteiger charge is -2.17. The van der Waals surface area contributed by atoms with Gasteiger partial charge in [-0.1, -0.05) is 35.9 Å². The number of esters is 1. The minimum absolute atomic E-state index is 0.254. The Balaban J connectivity index is 1.73. The van der Waals surface area contributed by atoms with Crippen LogP contribution in [-0.4, -0.2) is 30.0 Å². The molecule has 0 unspecified atom stereocenters. The summed E-state index contributed by atoms with van der Waals surface area (Å²) in [5.41, 5.74) is 2.23. The lowest BCUT2D eigenvalue weighted by Crippen LogP contribution is -2.43. The van der Waals surface area contributed by atoms with Crippen LogP contribution in [0.5, 0.6) is 0 Å². The quantitative estimate of drug-likeness (QED) is 0.620. The van der Waals surface area contributed by atoms with Crippen molar-refractivity contribution in [1.29, 1.82) is 0 Å². The summed E-state index contributed by atoms with van der Waals surface area (Å²) in [6.45, 7) is 0. The Labute approximate surface area is 172 Å². The number of nitrogens with one attached hydrogen (secondary N) is 1. The molecule has 29 heavy (non-hydrogen) atoms. The Morgan fingerprint density at radius 2 is 1.90 bits per heavy atom. The van der Waals surface area contributed by atoms with Crippen molar-refractivity contribution >= 4 is 23.5 Å². The number of carbonyl (C=O) groups is 2. The summed E-state index contributed by atoms with van der Waals surface area (Å²) in [5.74, 6) is -1.39. The molecule has 0 aliphatic carbocycles. The SMILES string of the molecule is COC(=O)[C@H](Cc1ccc(Cl)cc1)NC(=O)c1ccc(-c2cccc(F)c2)nc1. The van der Waals surface area contributed by atoms with Crippen LogP contribution in [0.15, 0.2) is 66.9 Å². The van der Waals surface area contributed by atoms with Gasteiger partial charge in [0.25, 0.3) is 5.91 Å². The van der Waals surface area contributed by atoms with Gasteiger partial charge in [-0.15, -0.1) is 0 Å². The van der Waals surface area contributed by atoms with Crippen molar-refractivity contribution in [3.8, 4) is 11.3 Å². The molecule has 0 spiro atoms. The number of hydrogen-bond donors (Lipinski definition) is 1. The smallest absolute Gasteiger partial charge is 0.328 e. The molecule has 0 aliphatic heterocycles. The number of benzene rings is 2. The van der Waals surface area contributed by atoms with Gasteiger partial charge in [-0.25, -0.2) is 9.18 Å². The zero-order chi connectivity index (χ0) is 20.8. The van der Waals surface area contributed by atoms with Crippen LogP contribution in [0.25, 0.3) is 11.3 Å². The average molecular weight is 413 g/mol. The van der Waals surface area contributed by atoms with Gasteiger partial charge < -0.3 is 10.1 Å². The highest BCUT2D eigenvalue weighted by Gasteiger charge is 2.23. The van der Waals surface area contributed by atoms with E-state index in [0.29, 0.717) is 16.3 Å². The predicted octanol–water partition coefficient (Wildman–Crippen LogP) is 4.06. The van der Waals surface area contributed by atoms with Crippen molar-refractivity contribution in [2.24, 2.45) is 0 Å². The minimum atomic E-state index is -0.864. The molecule has 1 N–H and O–H groups in total. The number of carbonyl (C=O) groups excluding carboxylic acids is 2. The number of amides is 1. The van der Waals surface area contributed by atoms with Crippen LogP contribution in [0.1, 0.15) is 15.9 Å². The van der Waals surface area contributed by atoms with Gasteiger partial charge in [0.2, 0.25) is 0 Å². The molecule has 1 amide bonds. The van der Waals surface area contributed by atoms with Gasteiger partial charge in [0.05, 0.1) is 18.4 Å². The highest BCUT2D eigenvalue weighted by atomic mass is 35.5. The molecule has 1 heterocycles. The summed E-state index contributed by atoms with van der Waals surface area (Å²) >= 11 is 5.88. The second kappa shape index (κ2) is 9.30. The summed E-state index contributed by atoms with van der Waals surface area (Å²) in [6.07, 6.45) is 1.64. The van der Waals surface area contributed by atoms with E-state index in [1.54, 1.807) is 48.5 Å². The predicted molar refractivity (Wildman–Crippen MR) is 108 cm³/mol. The number of ether oxygens (including phenoxy) is 1. The molecule has 3 rings (SSSR count). The van der Waals surface area contributed by atoms with E-state index in [0.717, 1.165) is 5.56 Å². The van der Waals surface area contributed by atoms with E-state index in [9.17, 15) is 14.0 Å². The molecule has 2 aromatic carbocycles. The molecule has 1 atom stereocenters. The fraction of sp³-hybridized carbons (Fsp3) is 0.136. The molecule has 0 bridgehead atoms. The summed E-state index contributed by atoms with van der Waals surface area (Å²) in [6, 6.07) is 15.3. The van der Waals surface area contributed by atoms with Crippen LogP contribution in [-0.2, 0) is 16.0 Å². The number of methoxy groups -OCH3 is 1. The number of aromatic nitrogens is 1. The first-order valence-corrected chi connectivity index (χ1v) is 9.19. The van der Waals surface area contributed by atoms with E-state index < -0.39 is 17.9 Å². The second-order valence-corrected chi connectivity index (χ2v) is 6.76. The third-order valence-electron chi connectivity index (χ3n) is 4.29. The number of rotatable bonds is 6. The molecule has 0 aliphatic rings. The van der Waals surface area contributed by atoms with Gasteiger partial charge in [-0.05, 0) is 42.0 Å². The van der Waals surface area contributed by atoms with Crippen LogP contribution < -0.4 is 5.32 Å². The first kappa shape index (κ1) is 20.5. The molecule has 0 radical (unpaired) electrons. The Hall–Kier alpha value is -3.25. The molecule has 148 valence electrons. The number of pyridine rings is 1. The maximum atomic E-state index is 13.4. The third-order valence-corrected chi connectivity index (χ3v) is 4.54. The van der Waals surface area contributed by atoms with Crippen molar-refractivity contribution in [2.75, 3.05) is 7.11 Å². The van der Waals surface area contributed by atoms with E-state index in [2.05, 4.69) is 10.3 Å². The number of hydrogen-bond acceptors (Lipinski definition) is 4. The Morgan fingerprint density at radius 1 is 1.14 bits per heavy atom. The number of halogens is 2. The maximum absolute atomic E-state index is 13.4. The van der Waals surface area contributed by atoms with Crippen LogP contribution in [0.2, 0.25) is 5.02 Å². The van der Waals surface area contributed by atoms with Crippen LogP contribution in [0, 0.1) is 5.82 Å². The molecule has 7 heteroatoms.